The van der Waals surface area contributed by atoms with Gasteiger partial charge < -0.3 is 14.8 Å². The number of anilines is 1. The van der Waals surface area contributed by atoms with E-state index in [-0.39, 0.29) is 5.91 Å². The van der Waals surface area contributed by atoms with Gasteiger partial charge in [0.2, 0.25) is 5.91 Å². The number of halogens is 1. The fraction of sp³-hybridized carbons (Fsp3) is 0.167. The number of ether oxygens (including phenoxy) is 2. The van der Waals surface area contributed by atoms with Crippen LogP contribution < -0.4 is 10.1 Å². The van der Waals surface area contributed by atoms with E-state index < -0.39 is 5.97 Å². The summed E-state index contributed by atoms with van der Waals surface area (Å²) in [7, 11) is 2.90. The van der Waals surface area contributed by atoms with Gasteiger partial charge in [-0.1, -0.05) is 47.1 Å². The monoisotopic (exact) mass is 499 g/mol. The minimum absolute atomic E-state index is 0.346. The van der Waals surface area contributed by atoms with Gasteiger partial charge in [-0.05, 0) is 41.8 Å². The van der Waals surface area contributed by atoms with Crippen LogP contribution in [0, 0.1) is 0 Å². The molecule has 0 aliphatic carbocycles. The zero-order chi connectivity index (χ0) is 22.4. The van der Waals surface area contributed by atoms with Gasteiger partial charge in [0.05, 0.1) is 14.2 Å². The number of nitrogens with one attached hydrogen (secondary N) is 1. The first-order valence-corrected chi connectivity index (χ1v) is 11.3. The zero-order valence-electron chi connectivity index (χ0n) is 17.4. The molecule has 0 fully saturated rings. The molecule has 0 saturated heterocycles. The molecule has 0 atom stereocenters. The third-order valence-electron chi connectivity index (χ3n) is 4.70. The molecule has 0 spiro atoms. The van der Waals surface area contributed by atoms with Crippen LogP contribution in [-0.2, 0) is 16.0 Å². The minimum atomic E-state index is -0.497. The molecule has 3 rings (SSSR count). The van der Waals surface area contributed by atoms with E-state index in [0.717, 1.165) is 27.6 Å². The smallest absolute Gasteiger partial charge is 0.341 e. The Balaban J connectivity index is 1.87. The number of rotatable bonds is 7. The first kappa shape index (κ1) is 22.8. The number of aryl methyl sites for hydroxylation is 1. The summed E-state index contributed by atoms with van der Waals surface area (Å²) in [5.41, 5.74) is 3.93. The van der Waals surface area contributed by atoms with E-state index in [2.05, 4.69) is 28.2 Å². The van der Waals surface area contributed by atoms with Crippen LogP contribution in [-0.4, -0.2) is 26.1 Å². The van der Waals surface area contributed by atoms with Crippen LogP contribution in [0.4, 0.5) is 5.00 Å². The summed E-state index contributed by atoms with van der Waals surface area (Å²) >= 11 is 4.70. The van der Waals surface area contributed by atoms with Crippen molar-refractivity contribution in [3.05, 3.63) is 75.1 Å². The van der Waals surface area contributed by atoms with Crippen molar-refractivity contribution in [1.82, 2.24) is 0 Å². The Kier molecular flexibility index (Phi) is 7.65. The number of thiophene rings is 1. The Morgan fingerprint density at radius 1 is 1.13 bits per heavy atom. The standard InChI is InChI=1S/C24H22BrNO4S/c1-4-15-5-7-16(8-6-15)19-14-31-23(22(19)24(28)30-3)26-21(27)12-9-17-13-18(25)10-11-20(17)29-2/h5-14H,4H2,1-3H3,(H,26,27)/b12-9+. The molecule has 1 N–H and O–H groups in total. The first-order chi connectivity index (χ1) is 15.0. The predicted molar refractivity (Wildman–Crippen MR) is 129 cm³/mol. The highest BCUT2D eigenvalue weighted by molar-refractivity contribution is 9.10. The molecule has 1 aromatic heterocycles. The van der Waals surface area contributed by atoms with Crippen molar-refractivity contribution in [2.45, 2.75) is 13.3 Å². The lowest BCUT2D eigenvalue weighted by Crippen LogP contribution is -2.11. The molecule has 0 saturated carbocycles. The molecule has 7 heteroatoms. The van der Waals surface area contributed by atoms with Crippen molar-refractivity contribution < 1.29 is 19.1 Å². The van der Waals surface area contributed by atoms with Crippen molar-refractivity contribution in [3.8, 4) is 16.9 Å². The summed E-state index contributed by atoms with van der Waals surface area (Å²) in [6.07, 6.45) is 4.00. The number of amides is 1. The van der Waals surface area contributed by atoms with Crippen LogP contribution in [0.25, 0.3) is 17.2 Å². The Bertz CT molecular complexity index is 1120. The lowest BCUT2D eigenvalue weighted by Gasteiger charge is -2.08. The van der Waals surface area contributed by atoms with E-state index in [9.17, 15) is 9.59 Å². The molecule has 1 heterocycles. The van der Waals surface area contributed by atoms with Gasteiger partial charge in [-0.3, -0.25) is 4.79 Å². The summed E-state index contributed by atoms with van der Waals surface area (Å²) in [6, 6.07) is 13.5. The fourth-order valence-electron chi connectivity index (χ4n) is 3.04. The van der Waals surface area contributed by atoms with Crippen molar-refractivity contribution in [2.24, 2.45) is 0 Å². The largest absolute Gasteiger partial charge is 0.496 e. The molecule has 31 heavy (non-hydrogen) atoms. The maximum atomic E-state index is 12.6. The molecular formula is C24H22BrNO4S. The normalized spacial score (nSPS) is 10.8. The van der Waals surface area contributed by atoms with Crippen LogP contribution in [0.2, 0.25) is 0 Å². The summed E-state index contributed by atoms with van der Waals surface area (Å²) < 4.78 is 11.2. The van der Waals surface area contributed by atoms with E-state index in [1.165, 1.54) is 30.1 Å². The number of benzene rings is 2. The molecular weight excluding hydrogens is 478 g/mol. The molecule has 0 bridgehead atoms. The topological polar surface area (TPSA) is 64.6 Å². The fourth-order valence-corrected chi connectivity index (χ4v) is 4.38. The van der Waals surface area contributed by atoms with E-state index in [1.807, 2.05) is 47.8 Å². The van der Waals surface area contributed by atoms with Gasteiger partial charge in [0.15, 0.2) is 0 Å². The Morgan fingerprint density at radius 3 is 2.52 bits per heavy atom. The average molecular weight is 500 g/mol. The zero-order valence-corrected chi connectivity index (χ0v) is 19.8. The summed E-state index contributed by atoms with van der Waals surface area (Å²) in [5, 5.41) is 5.09. The van der Waals surface area contributed by atoms with E-state index in [1.54, 1.807) is 13.2 Å². The maximum absolute atomic E-state index is 12.6. The molecule has 3 aromatic rings. The molecule has 160 valence electrons. The lowest BCUT2D eigenvalue weighted by molar-refractivity contribution is -0.111. The summed E-state index contributed by atoms with van der Waals surface area (Å²) in [5.74, 6) is -0.206. The van der Waals surface area contributed by atoms with Gasteiger partial charge in [-0.25, -0.2) is 4.79 Å². The van der Waals surface area contributed by atoms with E-state index in [4.69, 9.17) is 9.47 Å². The van der Waals surface area contributed by atoms with E-state index >= 15 is 0 Å². The lowest BCUT2D eigenvalue weighted by atomic mass is 10.0. The molecule has 0 unspecified atom stereocenters. The minimum Gasteiger partial charge on any atom is -0.496 e. The van der Waals surface area contributed by atoms with Gasteiger partial charge in [0.25, 0.3) is 0 Å². The number of hydrogen-bond donors (Lipinski definition) is 1. The van der Waals surface area contributed by atoms with Crippen LogP contribution >= 0.6 is 27.3 Å². The molecule has 0 aliphatic heterocycles. The van der Waals surface area contributed by atoms with E-state index in [0.29, 0.717) is 16.3 Å². The number of carbonyl (C=O) groups excluding carboxylic acids is 2. The summed E-state index contributed by atoms with van der Waals surface area (Å²) in [4.78, 5) is 25.1. The second-order valence-electron chi connectivity index (χ2n) is 6.60. The van der Waals surface area contributed by atoms with Gasteiger partial charge >= 0.3 is 5.97 Å². The Morgan fingerprint density at radius 2 is 1.87 bits per heavy atom. The predicted octanol–water partition coefficient (Wildman–Crippen LogP) is 6.19. The number of carbonyl (C=O) groups is 2. The number of hydrogen-bond acceptors (Lipinski definition) is 5. The highest BCUT2D eigenvalue weighted by Crippen LogP contribution is 2.36. The molecule has 0 radical (unpaired) electrons. The number of methoxy groups -OCH3 is 2. The third-order valence-corrected chi connectivity index (χ3v) is 6.09. The highest BCUT2D eigenvalue weighted by atomic mass is 79.9. The maximum Gasteiger partial charge on any atom is 0.341 e. The average Bonchev–Trinajstić information content (AvgIpc) is 3.20. The summed E-state index contributed by atoms with van der Waals surface area (Å²) in [6.45, 7) is 2.09. The number of esters is 1. The molecule has 5 nitrogen and oxygen atoms in total. The van der Waals surface area contributed by atoms with Gasteiger partial charge in [0.1, 0.15) is 16.3 Å². The van der Waals surface area contributed by atoms with Crippen LogP contribution in [0.15, 0.2) is 58.4 Å². The van der Waals surface area contributed by atoms with Crippen LogP contribution in [0.3, 0.4) is 0 Å². The van der Waals surface area contributed by atoms with Gasteiger partial charge in [-0.15, -0.1) is 11.3 Å². The van der Waals surface area contributed by atoms with Crippen molar-refractivity contribution in [2.75, 3.05) is 19.5 Å². The highest BCUT2D eigenvalue weighted by Gasteiger charge is 2.22. The van der Waals surface area contributed by atoms with Crippen molar-refractivity contribution >= 4 is 50.2 Å². The first-order valence-electron chi connectivity index (χ1n) is 9.58. The third kappa shape index (κ3) is 5.42. The van der Waals surface area contributed by atoms with Gasteiger partial charge in [0, 0.05) is 27.1 Å². The van der Waals surface area contributed by atoms with Crippen molar-refractivity contribution in [1.29, 1.82) is 0 Å². The quantitative estimate of drug-likeness (QED) is 0.311. The molecule has 2 aromatic carbocycles. The molecule has 1 amide bonds. The molecule has 0 aliphatic rings. The van der Waals surface area contributed by atoms with Crippen LogP contribution in [0.5, 0.6) is 5.75 Å². The van der Waals surface area contributed by atoms with Crippen LogP contribution in [0.1, 0.15) is 28.4 Å². The second kappa shape index (κ2) is 10.4. The van der Waals surface area contributed by atoms with Crippen molar-refractivity contribution in [3.63, 3.8) is 0 Å². The van der Waals surface area contributed by atoms with Gasteiger partial charge in [-0.2, -0.15) is 0 Å². The Labute approximate surface area is 193 Å². The Hall–Kier alpha value is -2.90. The SMILES string of the molecule is CCc1ccc(-c2csc(NC(=O)/C=C/c3cc(Br)ccc3OC)c2C(=O)OC)cc1. The second-order valence-corrected chi connectivity index (χ2v) is 8.40.